The van der Waals surface area contributed by atoms with Crippen molar-refractivity contribution in [1.29, 1.82) is 0 Å². The maximum atomic E-state index is 12.3. The van der Waals surface area contributed by atoms with Crippen LogP contribution in [0.4, 0.5) is 0 Å². The number of carbonyl (C=O) groups is 2. The molecule has 0 spiro atoms. The van der Waals surface area contributed by atoms with Crippen LogP contribution in [0.3, 0.4) is 0 Å². The zero-order chi connectivity index (χ0) is 39.6. The molecule has 0 fully saturated rings. The lowest BCUT2D eigenvalue weighted by Gasteiger charge is -2.18. The van der Waals surface area contributed by atoms with E-state index < -0.39 is 32.5 Å². The lowest BCUT2D eigenvalue weighted by Crippen LogP contribution is -2.29. The summed E-state index contributed by atoms with van der Waals surface area (Å²) in [6.45, 7) is 3.50. The van der Waals surface area contributed by atoms with Crippen LogP contribution in [-0.4, -0.2) is 41.0 Å². The fraction of sp³-hybridized carbons (Fsp3) is 0.733. The normalized spacial score (nSPS) is 13.0. The Morgan fingerprint density at radius 3 is 1.26 bits per heavy atom. The van der Waals surface area contributed by atoms with Gasteiger partial charge < -0.3 is 19.3 Å². The van der Waals surface area contributed by atoms with Crippen molar-refractivity contribution in [1.82, 2.24) is 0 Å². The largest absolute Gasteiger partial charge is 0.469 e. The van der Waals surface area contributed by atoms with E-state index in [0.717, 1.165) is 38.5 Å². The van der Waals surface area contributed by atoms with Crippen molar-refractivity contribution in [3.05, 3.63) is 60.8 Å². The van der Waals surface area contributed by atoms with Crippen molar-refractivity contribution in [2.75, 3.05) is 13.2 Å². The highest BCUT2D eigenvalue weighted by molar-refractivity contribution is 7.46. The Kier molecular flexibility index (Phi) is 38.7. The Bertz CT molecular complexity index is 1060. The number of allylic oxidation sites excluding steroid dienone is 9. The van der Waals surface area contributed by atoms with Gasteiger partial charge in [-0.15, -0.1) is 0 Å². The van der Waals surface area contributed by atoms with Crippen LogP contribution >= 0.6 is 7.82 Å². The van der Waals surface area contributed by atoms with E-state index in [9.17, 15) is 14.2 Å². The van der Waals surface area contributed by atoms with Gasteiger partial charge in [0.2, 0.25) is 0 Å². The van der Waals surface area contributed by atoms with Gasteiger partial charge in [-0.2, -0.15) is 0 Å². The summed E-state index contributed by atoms with van der Waals surface area (Å²) < 4.78 is 26.3. The molecule has 0 heterocycles. The van der Waals surface area contributed by atoms with Crippen molar-refractivity contribution < 1.29 is 37.9 Å². The molecule has 0 bridgehead atoms. The Morgan fingerprint density at radius 2 is 0.870 bits per heavy atom. The van der Waals surface area contributed by atoms with E-state index in [-0.39, 0.29) is 19.4 Å². The molecule has 0 saturated carbocycles. The summed E-state index contributed by atoms with van der Waals surface area (Å²) in [6, 6.07) is 0. The number of phosphoric ester groups is 1. The van der Waals surface area contributed by atoms with Crippen LogP contribution < -0.4 is 0 Å². The van der Waals surface area contributed by atoms with E-state index in [4.69, 9.17) is 19.3 Å². The van der Waals surface area contributed by atoms with Crippen LogP contribution in [0.2, 0.25) is 0 Å². The number of rotatable bonds is 39. The number of unbranched alkanes of at least 4 members (excludes halogenated alkanes) is 20. The second-order valence-electron chi connectivity index (χ2n) is 14.3. The number of esters is 2. The molecule has 312 valence electrons. The number of hydrogen-bond acceptors (Lipinski definition) is 6. The quantitative estimate of drug-likeness (QED) is 0.0274. The molecule has 0 aromatic rings. The van der Waals surface area contributed by atoms with Gasteiger partial charge in [-0.25, -0.2) is 4.57 Å². The maximum Gasteiger partial charge on any atom is 0.469 e. The van der Waals surface area contributed by atoms with Gasteiger partial charge in [0.05, 0.1) is 13.0 Å². The molecule has 1 unspecified atom stereocenters. The first-order chi connectivity index (χ1) is 26.3. The molecule has 9 heteroatoms. The van der Waals surface area contributed by atoms with Gasteiger partial charge in [0, 0.05) is 6.42 Å². The minimum absolute atomic E-state index is 0.0205. The Hall–Kier alpha value is -2.25. The van der Waals surface area contributed by atoms with Crippen molar-refractivity contribution in [3.63, 3.8) is 0 Å². The molecule has 0 aliphatic heterocycles. The number of carbonyl (C=O) groups excluding carboxylic acids is 2. The summed E-state index contributed by atoms with van der Waals surface area (Å²) in [6.07, 6.45) is 51.2. The molecule has 0 rings (SSSR count). The summed E-state index contributed by atoms with van der Waals surface area (Å²) in [7, 11) is -4.78. The lowest BCUT2D eigenvalue weighted by molar-refractivity contribution is -0.160. The standard InChI is InChI=1S/C45H79O8P/c1-3-5-7-9-11-13-15-17-19-20-21-22-23-24-26-27-29-31-33-35-37-39-44(46)51-41-43(42-52-54(48,49)50)53-45(47)40-38-36-34-32-30-28-25-18-16-14-12-10-8-6-4-2/h6,8,12,14,18,25,30,32,36,38,43H,3-5,7,9-11,13,15-17,19-24,26-29,31,33-35,37,39-42H2,1-2H3,(H2,48,49,50)/b8-6-,14-12-,25-18-,32-30-,38-36-. The monoisotopic (exact) mass is 779 g/mol. The smallest absolute Gasteiger partial charge is 0.462 e. The van der Waals surface area contributed by atoms with Gasteiger partial charge in [0.1, 0.15) is 6.61 Å². The Labute approximate surface area is 330 Å². The van der Waals surface area contributed by atoms with Crippen LogP contribution in [-0.2, 0) is 28.2 Å². The van der Waals surface area contributed by atoms with Gasteiger partial charge >= 0.3 is 19.8 Å². The highest BCUT2D eigenvalue weighted by atomic mass is 31.2. The molecule has 54 heavy (non-hydrogen) atoms. The number of hydrogen-bond donors (Lipinski definition) is 2. The average molecular weight is 779 g/mol. The van der Waals surface area contributed by atoms with Gasteiger partial charge in [0.15, 0.2) is 6.10 Å². The van der Waals surface area contributed by atoms with Gasteiger partial charge in [-0.3, -0.25) is 14.1 Å². The van der Waals surface area contributed by atoms with E-state index in [0.29, 0.717) is 12.8 Å². The molecule has 0 saturated heterocycles. The molecular formula is C45H79O8P. The molecule has 2 N–H and O–H groups in total. The summed E-state index contributed by atoms with van der Waals surface area (Å²) in [5, 5.41) is 0. The molecule has 0 aliphatic rings. The first-order valence-electron chi connectivity index (χ1n) is 21.6. The van der Waals surface area contributed by atoms with Crippen LogP contribution in [0.5, 0.6) is 0 Å². The Balaban J connectivity index is 3.95. The summed E-state index contributed by atoms with van der Waals surface area (Å²) in [5.74, 6) is -1.03. The van der Waals surface area contributed by atoms with Crippen LogP contribution in [0.1, 0.15) is 194 Å². The second-order valence-corrected chi connectivity index (χ2v) is 15.6. The maximum absolute atomic E-state index is 12.3. The van der Waals surface area contributed by atoms with E-state index in [2.05, 4.69) is 60.9 Å². The van der Waals surface area contributed by atoms with E-state index in [1.165, 1.54) is 116 Å². The van der Waals surface area contributed by atoms with Crippen LogP contribution in [0.15, 0.2) is 60.8 Å². The third-order valence-corrected chi connectivity index (χ3v) is 9.57. The summed E-state index contributed by atoms with van der Waals surface area (Å²) >= 11 is 0. The van der Waals surface area contributed by atoms with E-state index in [1.807, 2.05) is 12.2 Å². The average Bonchev–Trinajstić information content (AvgIpc) is 3.14. The highest BCUT2D eigenvalue weighted by Crippen LogP contribution is 2.36. The summed E-state index contributed by atoms with van der Waals surface area (Å²) in [4.78, 5) is 42.8. The van der Waals surface area contributed by atoms with Crippen molar-refractivity contribution in [2.45, 2.75) is 200 Å². The summed E-state index contributed by atoms with van der Waals surface area (Å²) in [5.41, 5.74) is 0. The first-order valence-corrected chi connectivity index (χ1v) is 23.1. The first kappa shape index (κ1) is 51.8. The molecule has 0 amide bonds. The van der Waals surface area contributed by atoms with Crippen LogP contribution in [0.25, 0.3) is 0 Å². The molecule has 0 aromatic heterocycles. The fourth-order valence-electron chi connectivity index (χ4n) is 5.92. The molecule has 8 nitrogen and oxygen atoms in total. The minimum Gasteiger partial charge on any atom is -0.462 e. The van der Waals surface area contributed by atoms with Crippen molar-refractivity contribution in [2.24, 2.45) is 0 Å². The topological polar surface area (TPSA) is 119 Å². The third kappa shape index (κ3) is 42.5. The molecule has 0 aliphatic carbocycles. The van der Waals surface area contributed by atoms with Crippen LogP contribution in [0, 0.1) is 0 Å². The lowest BCUT2D eigenvalue weighted by atomic mass is 10.0. The van der Waals surface area contributed by atoms with E-state index >= 15 is 0 Å². The molecule has 0 aromatic carbocycles. The molecular weight excluding hydrogens is 699 g/mol. The van der Waals surface area contributed by atoms with Crippen molar-refractivity contribution in [3.8, 4) is 0 Å². The van der Waals surface area contributed by atoms with E-state index in [1.54, 1.807) is 6.08 Å². The minimum atomic E-state index is -4.78. The SMILES string of the molecule is CC/C=C\C/C=C\C/C=C\C/C=C\C/C=C\CC(=O)OC(COC(=O)CCCCCCCCCCCCCCCCCCCCCCC)COP(=O)(O)O. The van der Waals surface area contributed by atoms with Gasteiger partial charge in [0.25, 0.3) is 0 Å². The van der Waals surface area contributed by atoms with Gasteiger partial charge in [-0.05, 0) is 38.5 Å². The zero-order valence-corrected chi connectivity index (χ0v) is 35.2. The Morgan fingerprint density at radius 1 is 0.500 bits per heavy atom. The third-order valence-electron chi connectivity index (χ3n) is 9.08. The van der Waals surface area contributed by atoms with Gasteiger partial charge in [-0.1, -0.05) is 203 Å². The number of ether oxygens (including phenoxy) is 2. The second kappa shape index (κ2) is 40.4. The molecule has 1 atom stereocenters. The fourth-order valence-corrected chi connectivity index (χ4v) is 6.28. The highest BCUT2D eigenvalue weighted by Gasteiger charge is 2.22. The predicted molar refractivity (Wildman–Crippen MR) is 225 cm³/mol. The predicted octanol–water partition coefficient (Wildman–Crippen LogP) is 13.3. The number of phosphoric acid groups is 1. The zero-order valence-electron chi connectivity index (χ0n) is 34.4. The molecule has 0 radical (unpaired) electrons. The van der Waals surface area contributed by atoms with Crippen molar-refractivity contribution >= 4 is 19.8 Å².